The van der Waals surface area contributed by atoms with Crippen LogP contribution in [0.15, 0.2) is 42.5 Å². The number of morpholine rings is 1. The van der Waals surface area contributed by atoms with Crippen molar-refractivity contribution in [3.8, 4) is 6.07 Å². The van der Waals surface area contributed by atoms with E-state index < -0.39 is 23.7 Å². The lowest BCUT2D eigenvalue weighted by atomic mass is 10.0. The first-order valence-corrected chi connectivity index (χ1v) is 7.62. The summed E-state index contributed by atoms with van der Waals surface area (Å²) in [6.45, 7) is 1.23. The number of halogens is 4. The van der Waals surface area contributed by atoms with Crippen LogP contribution in [0, 0.1) is 17.1 Å². The molecule has 1 aliphatic rings. The first-order valence-electron chi connectivity index (χ1n) is 7.62. The highest BCUT2D eigenvalue weighted by Gasteiger charge is 2.31. The number of anilines is 1. The van der Waals surface area contributed by atoms with Gasteiger partial charge >= 0.3 is 6.18 Å². The quantitative estimate of drug-likeness (QED) is 0.758. The maximum Gasteiger partial charge on any atom is 0.416 e. The minimum atomic E-state index is -4.38. The van der Waals surface area contributed by atoms with Gasteiger partial charge in [-0.15, -0.1) is 0 Å². The minimum absolute atomic E-state index is 0.216. The van der Waals surface area contributed by atoms with Crippen molar-refractivity contribution >= 4 is 5.69 Å². The zero-order chi connectivity index (χ0) is 18.0. The van der Waals surface area contributed by atoms with E-state index in [1.165, 1.54) is 24.3 Å². The molecular weight excluding hydrogens is 336 g/mol. The molecule has 1 unspecified atom stereocenters. The van der Waals surface area contributed by atoms with Crippen LogP contribution in [-0.4, -0.2) is 19.7 Å². The third-order valence-electron chi connectivity index (χ3n) is 4.10. The molecular formula is C18H14F4N2O. The van der Waals surface area contributed by atoms with Crippen LogP contribution in [0.3, 0.4) is 0 Å². The number of alkyl halides is 3. The molecule has 1 heterocycles. The maximum absolute atomic E-state index is 13.3. The molecule has 25 heavy (non-hydrogen) atoms. The number of nitrogens with zero attached hydrogens (tertiary/aromatic N) is 2. The van der Waals surface area contributed by atoms with Crippen molar-refractivity contribution in [2.24, 2.45) is 0 Å². The van der Waals surface area contributed by atoms with Crippen molar-refractivity contribution in [3.05, 3.63) is 65.0 Å². The van der Waals surface area contributed by atoms with E-state index in [9.17, 15) is 22.8 Å². The third-order valence-corrected chi connectivity index (χ3v) is 4.10. The fourth-order valence-electron chi connectivity index (χ4n) is 2.83. The van der Waals surface area contributed by atoms with Crippen molar-refractivity contribution in [2.45, 2.75) is 12.3 Å². The molecule has 0 aliphatic carbocycles. The van der Waals surface area contributed by atoms with Crippen molar-refractivity contribution in [3.63, 3.8) is 0 Å². The van der Waals surface area contributed by atoms with E-state index in [-0.39, 0.29) is 5.56 Å². The number of rotatable bonds is 2. The Morgan fingerprint density at radius 2 is 1.84 bits per heavy atom. The van der Waals surface area contributed by atoms with Gasteiger partial charge in [-0.05, 0) is 35.9 Å². The summed E-state index contributed by atoms with van der Waals surface area (Å²) in [5, 5.41) is 9.18. The number of benzene rings is 2. The summed E-state index contributed by atoms with van der Waals surface area (Å²) in [6, 6.07) is 10.8. The summed E-state index contributed by atoms with van der Waals surface area (Å²) in [5.41, 5.74) is 0.713. The van der Waals surface area contributed by atoms with Crippen LogP contribution in [0.2, 0.25) is 0 Å². The average molecular weight is 350 g/mol. The third kappa shape index (κ3) is 3.74. The lowest BCUT2D eigenvalue weighted by Crippen LogP contribution is -2.38. The highest BCUT2D eigenvalue weighted by Crippen LogP contribution is 2.32. The van der Waals surface area contributed by atoms with Crippen LogP contribution >= 0.6 is 0 Å². The molecule has 0 spiro atoms. The maximum atomic E-state index is 13.3. The van der Waals surface area contributed by atoms with E-state index >= 15 is 0 Å². The highest BCUT2D eigenvalue weighted by atomic mass is 19.4. The van der Waals surface area contributed by atoms with Crippen LogP contribution in [0.1, 0.15) is 22.8 Å². The summed E-state index contributed by atoms with van der Waals surface area (Å²) in [7, 11) is 0. The van der Waals surface area contributed by atoms with Crippen molar-refractivity contribution in [1.82, 2.24) is 0 Å². The molecule has 1 atom stereocenters. The van der Waals surface area contributed by atoms with E-state index in [0.29, 0.717) is 30.9 Å². The van der Waals surface area contributed by atoms with E-state index in [0.717, 1.165) is 18.2 Å². The van der Waals surface area contributed by atoms with Crippen LogP contribution in [0.4, 0.5) is 23.2 Å². The number of ether oxygens (including phenoxy) is 1. The van der Waals surface area contributed by atoms with Crippen LogP contribution in [0.5, 0.6) is 0 Å². The molecule has 3 nitrogen and oxygen atoms in total. The van der Waals surface area contributed by atoms with E-state index in [2.05, 4.69) is 0 Å². The first kappa shape index (κ1) is 17.2. The normalized spacial score (nSPS) is 18.0. The van der Waals surface area contributed by atoms with E-state index in [4.69, 9.17) is 4.74 Å². The molecule has 7 heteroatoms. The van der Waals surface area contributed by atoms with Gasteiger partial charge in [0, 0.05) is 13.1 Å². The molecule has 130 valence electrons. The molecule has 3 rings (SSSR count). The number of hydrogen-bond donors (Lipinski definition) is 0. The SMILES string of the molecule is N#Cc1cc(F)ccc1N1CCOC(c2ccc(C(F)(F)F)cc2)C1. The second-order valence-electron chi connectivity index (χ2n) is 5.70. The average Bonchev–Trinajstić information content (AvgIpc) is 2.61. The molecule has 2 aromatic carbocycles. The molecule has 0 N–H and O–H groups in total. The molecule has 0 amide bonds. The fraction of sp³-hybridized carbons (Fsp3) is 0.278. The molecule has 0 bridgehead atoms. The van der Waals surface area contributed by atoms with Gasteiger partial charge in [-0.3, -0.25) is 0 Å². The molecule has 1 fully saturated rings. The topological polar surface area (TPSA) is 36.3 Å². The molecule has 2 aromatic rings. The first-order chi connectivity index (χ1) is 11.9. The van der Waals surface area contributed by atoms with E-state index in [1.54, 1.807) is 0 Å². The van der Waals surface area contributed by atoms with Gasteiger partial charge < -0.3 is 9.64 Å². The molecule has 0 radical (unpaired) electrons. The number of nitriles is 1. The van der Waals surface area contributed by atoms with Gasteiger partial charge in [-0.25, -0.2) is 4.39 Å². The van der Waals surface area contributed by atoms with Crippen molar-refractivity contribution in [1.29, 1.82) is 5.26 Å². The molecule has 1 saturated heterocycles. The standard InChI is InChI=1S/C18H14F4N2O/c19-15-5-6-16(13(9-15)10-23)24-7-8-25-17(11-24)12-1-3-14(4-2-12)18(20,21)22/h1-6,9,17H,7-8,11H2. The Morgan fingerprint density at radius 1 is 1.12 bits per heavy atom. The summed E-state index contributed by atoms with van der Waals surface area (Å²) < 4.78 is 56.9. The fourth-order valence-corrected chi connectivity index (χ4v) is 2.83. The predicted molar refractivity (Wildman–Crippen MR) is 83.5 cm³/mol. The van der Waals surface area contributed by atoms with Crippen molar-refractivity contribution in [2.75, 3.05) is 24.6 Å². The largest absolute Gasteiger partial charge is 0.416 e. The summed E-state index contributed by atoms with van der Waals surface area (Å²) in [4.78, 5) is 1.88. The van der Waals surface area contributed by atoms with E-state index in [1.807, 2.05) is 11.0 Å². The Labute approximate surface area is 142 Å². The van der Waals surface area contributed by atoms with Gasteiger partial charge in [0.2, 0.25) is 0 Å². The summed E-state index contributed by atoms with van der Waals surface area (Å²) >= 11 is 0. The monoisotopic (exact) mass is 350 g/mol. The summed E-state index contributed by atoms with van der Waals surface area (Å²) in [6.07, 6.45) is -4.80. The second-order valence-corrected chi connectivity index (χ2v) is 5.70. The van der Waals surface area contributed by atoms with Crippen LogP contribution < -0.4 is 4.90 Å². The lowest BCUT2D eigenvalue weighted by molar-refractivity contribution is -0.137. The Kier molecular flexibility index (Phi) is 4.64. The van der Waals surface area contributed by atoms with Gasteiger partial charge in [-0.1, -0.05) is 12.1 Å². The Bertz CT molecular complexity index is 796. The molecule has 0 saturated carbocycles. The Hall–Kier alpha value is -2.59. The zero-order valence-electron chi connectivity index (χ0n) is 13.1. The Balaban J connectivity index is 1.81. The molecule has 1 aliphatic heterocycles. The summed E-state index contributed by atoms with van der Waals surface area (Å²) in [5.74, 6) is -0.493. The van der Waals surface area contributed by atoms with Gasteiger partial charge in [-0.2, -0.15) is 18.4 Å². The predicted octanol–water partition coefficient (Wildman–Crippen LogP) is 4.29. The van der Waals surface area contributed by atoms with Crippen molar-refractivity contribution < 1.29 is 22.3 Å². The highest BCUT2D eigenvalue weighted by molar-refractivity contribution is 5.59. The lowest BCUT2D eigenvalue weighted by Gasteiger charge is -2.35. The molecule has 0 aromatic heterocycles. The Morgan fingerprint density at radius 3 is 2.48 bits per heavy atom. The van der Waals surface area contributed by atoms with Crippen LogP contribution in [0.25, 0.3) is 0 Å². The van der Waals surface area contributed by atoms with Gasteiger partial charge in [0.15, 0.2) is 0 Å². The van der Waals surface area contributed by atoms with Gasteiger partial charge in [0.05, 0.1) is 23.4 Å². The zero-order valence-corrected chi connectivity index (χ0v) is 13.1. The number of hydrogen-bond acceptors (Lipinski definition) is 3. The van der Waals surface area contributed by atoms with Crippen LogP contribution in [-0.2, 0) is 10.9 Å². The van der Waals surface area contributed by atoms with Gasteiger partial charge in [0.1, 0.15) is 18.0 Å². The van der Waals surface area contributed by atoms with Gasteiger partial charge in [0.25, 0.3) is 0 Å². The minimum Gasteiger partial charge on any atom is -0.370 e. The second kappa shape index (κ2) is 6.73. The smallest absolute Gasteiger partial charge is 0.370 e.